The Morgan fingerprint density at radius 1 is 0.826 bits per heavy atom. The molecule has 2 amide bonds. The van der Waals surface area contributed by atoms with Crippen molar-refractivity contribution in [2.24, 2.45) is 0 Å². The number of carbonyl (C=O) groups is 2. The number of aryl methyl sites for hydroxylation is 1. The minimum absolute atomic E-state index is 0.149. The van der Waals surface area contributed by atoms with Gasteiger partial charge in [-0.05, 0) is 43.3 Å². The monoisotopic (exact) mass is 312 g/mol. The summed E-state index contributed by atoms with van der Waals surface area (Å²) >= 11 is 0. The molecule has 0 aliphatic rings. The van der Waals surface area contributed by atoms with Crippen LogP contribution in [0.4, 0.5) is 0 Å². The van der Waals surface area contributed by atoms with E-state index in [9.17, 15) is 9.59 Å². The Balaban J connectivity index is 1.75. The van der Waals surface area contributed by atoms with E-state index in [4.69, 9.17) is 4.74 Å². The summed E-state index contributed by atoms with van der Waals surface area (Å²) in [7, 11) is 1.58. The zero-order valence-electron chi connectivity index (χ0n) is 13.3. The number of hydrogen-bond donors (Lipinski definition) is 2. The van der Waals surface area contributed by atoms with Gasteiger partial charge in [0, 0.05) is 24.2 Å². The summed E-state index contributed by atoms with van der Waals surface area (Å²) < 4.78 is 5.04. The maximum Gasteiger partial charge on any atom is 0.251 e. The summed E-state index contributed by atoms with van der Waals surface area (Å²) in [4.78, 5) is 23.8. The first-order chi connectivity index (χ1) is 11.1. The van der Waals surface area contributed by atoms with Gasteiger partial charge in [-0.3, -0.25) is 9.59 Å². The fourth-order valence-corrected chi connectivity index (χ4v) is 2.00. The lowest BCUT2D eigenvalue weighted by Crippen LogP contribution is -2.34. The van der Waals surface area contributed by atoms with Gasteiger partial charge >= 0.3 is 0 Å². The second-order valence-electron chi connectivity index (χ2n) is 5.11. The van der Waals surface area contributed by atoms with Crippen LogP contribution >= 0.6 is 0 Å². The molecule has 2 aromatic carbocycles. The van der Waals surface area contributed by atoms with Crippen molar-refractivity contribution >= 4 is 11.8 Å². The predicted octanol–water partition coefficient (Wildman–Crippen LogP) is 2.16. The SMILES string of the molecule is COc1ccc(C(=O)NCCNC(=O)c2ccc(C)cc2)cc1. The topological polar surface area (TPSA) is 67.4 Å². The molecule has 0 unspecified atom stereocenters. The summed E-state index contributed by atoms with van der Waals surface area (Å²) in [6.45, 7) is 2.70. The molecule has 23 heavy (non-hydrogen) atoms. The fraction of sp³-hybridized carbons (Fsp3) is 0.222. The minimum Gasteiger partial charge on any atom is -0.497 e. The first-order valence-corrected chi connectivity index (χ1v) is 7.37. The van der Waals surface area contributed by atoms with Gasteiger partial charge in [-0.1, -0.05) is 17.7 Å². The van der Waals surface area contributed by atoms with Crippen molar-refractivity contribution in [3.8, 4) is 5.75 Å². The van der Waals surface area contributed by atoms with Crippen LogP contribution in [0.25, 0.3) is 0 Å². The second-order valence-corrected chi connectivity index (χ2v) is 5.11. The summed E-state index contributed by atoms with van der Waals surface area (Å²) in [5.74, 6) is 0.368. The number of rotatable bonds is 6. The van der Waals surface area contributed by atoms with E-state index in [0.717, 1.165) is 5.56 Å². The number of amides is 2. The van der Waals surface area contributed by atoms with Gasteiger partial charge in [-0.15, -0.1) is 0 Å². The summed E-state index contributed by atoms with van der Waals surface area (Å²) in [5, 5.41) is 5.53. The molecule has 0 aliphatic heterocycles. The molecule has 2 rings (SSSR count). The van der Waals surface area contributed by atoms with Crippen molar-refractivity contribution in [2.45, 2.75) is 6.92 Å². The first-order valence-electron chi connectivity index (χ1n) is 7.37. The molecule has 2 N–H and O–H groups in total. The van der Waals surface area contributed by atoms with Crippen molar-refractivity contribution in [3.05, 3.63) is 65.2 Å². The number of methoxy groups -OCH3 is 1. The Morgan fingerprint density at radius 3 is 1.70 bits per heavy atom. The Morgan fingerprint density at radius 2 is 1.26 bits per heavy atom. The third kappa shape index (κ3) is 4.85. The lowest BCUT2D eigenvalue weighted by molar-refractivity contribution is 0.0927. The van der Waals surface area contributed by atoms with Crippen LogP contribution < -0.4 is 15.4 Å². The summed E-state index contributed by atoms with van der Waals surface area (Å²) in [5.41, 5.74) is 2.26. The molecule has 0 aromatic heterocycles. The highest BCUT2D eigenvalue weighted by atomic mass is 16.5. The standard InChI is InChI=1S/C18H20N2O3/c1-13-3-5-14(6-4-13)17(21)19-11-12-20-18(22)15-7-9-16(23-2)10-8-15/h3-10H,11-12H2,1-2H3,(H,19,21)(H,20,22). The number of hydrogen-bond acceptors (Lipinski definition) is 3. The Labute approximate surface area is 135 Å². The van der Waals surface area contributed by atoms with E-state index in [0.29, 0.717) is 30.0 Å². The Kier molecular flexibility index (Phi) is 5.74. The van der Waals surface area contributed by atoms with Gasteiger partial charge in [0.2, 0.25) is 0 Å². The molecule has 0 heterocycles. The molecular weight excluding hydrogens is 292 g/mol. The normalized spacial score (nSPS) is 10.0. The number of carbonyl (C=O) groups excluding carboxylic acids is 2. The van der Waals surface area contributed by atoms with Crippen molar-refractivity contribution < 1.29 is 14.3 Å². The molecule has 0 bridgehead atoms. The van der Waals surface area contributed by atoms with Crippen LogP contribution in [0.5, 0.6) is 5.75 Å². The second kappa shape index (κ2) is 7.98. The van der Waals surface area contributed by atoms with Crippen LogP contribution in [0.3, 0.4) is 0 Å². The van der Waals surface area contributed by atoms with E-state index in [1.165, 1.54) is 0 Å². The van der Waals surface area contributed by atoms with Crippen molar-refractivity contribution in [3.63, 3.8) is 0 Å². The lowest BCUT2D eigenvalue weighted by atomic mass is 10.1. The molecule has 0 aliphatic carbocycles. The zero-order chi connectivity index (χ0) is 16.7. The van der Waals surface area contributed by atoms with Gasteiger partial charge in [0.15, 0.2) is 0 Å². The van der Waals surface area contributed by atoms with Gasteiger partial charge in [0.25, 0.3) is 11.8 Å². The van der Waals surface area contributed by atoms with E-state index in [1.54, 1.807) is 43.5 Å². The molecule has 0 fully saturated rings. The first kappa shape index (κ1) is 16.5. The van der Waals surface area contributed by atoms with Crippen molar-refractivity contribution in [1.29, 1.82) is 0 Å². The Bertz CT molecular complexity index is 664. The van der Waals surface area contributed by atoms with Gasteiger partial charge in [0.05, 0.1) is 7.11 Å². The molecule has 0 radical (unpaired) electrons. The quantitative estimate of drug-likeness (QED) is 0.803. The average molecular weight is 312 g/mol. The Hall–Kier alpha value is -2.82. The third-order valence-electron chi connectivity index (χ3n) is 3.36. The van der Waals surface area contributed by atoms with E-state index < -0.39 is 0 Å². The van der Waals surface area contributed by atoms with Crippen LogP contribution in [-0.2, 0) is 0 Å². The van der Waals surface area contributed by atoms with Gasteiger partial charge < -0.3 is 15.4 Å². The lowest BCUT2D eigenvalue weighted by Gasteiger charge is -2.08. The maximum absolute atomic E-state index is 11.9. The van der Waals surface area contributed by atoms with Crippen LogP contribution in [0.2, 0.25) is 0 Å². The van der Waals surface area contributed by atoms with Crippen molar-refractivity contribution in [1.82, 2.24) is 10.6 Å². The van der Waals surface area contributed by atoms with Gasteiger partial charge in [-0.2, -0.15) is 0 Å². The van der Waals surface area contributed by atoms with Crippen LogP contribution in [-0.4, -0.2) is 32.0 Å². The van der Waals surface area contributed by atoms with E-state index in [1.807, 2.05) is 19.1 Å². The average Bonchev–Trinajstić information content (AvgIpc) is 2.59. The maximum atomic E-state index is 11.9. The number of benzene rings is 2. The zero-order valence-corrected chi connectivity index (χ0v) is 13.3. The molecule has 0 atom stereocenters. The predicted molar refractivity (Wildman–Crippen MR) is 88.8 cm³/mol. The molecule has 0 saturated heterocycles. The number of nitrogens with one attached hydrogen (secondary N) is 2. The largest absolute Gasteiger partial charge is 0.497 e. The van der Waals surface area contributed by atoms with Crippen LogP contribution in [0.15, 0.2) is 48.5 Å². The minimum atomic E-state index is -0.183. The van der Waals surface area contributed by atoms with Gasteiger partial charge in [0.1, 0.15) is 5.75 Å². The van der Waals surface area contributed by atoms with E-state index in [2.05, 4.69) is 10.6 Å². The highest BCUT2D eigenvalue weighted by Crippen LogP contribution is 2.10. The van der Waals surface area contributed by atoms with Crippen molar-refractivity contribution in [2.75, 3.05) is 20.2 Å². The molecule has 120 valence electrons. The third-order valence-corrected chi connectivity index (χ3v) is 3.36. The highest BCUT2D eigenvalue weighted by Gasteiger charge is 2.06. The van der Waals surface area contributed by atoms with E-state index >= 15 is 0 Å². The van der Waals surface area contributed by atoms with E-state index in [-0.39, 0.29) is 11.8 Å². The molecule has 5 nitrogen and oxygen atoms in total. The molecule has 2 aromatic rings. The van der Waals surface area contributed by atoms with Crippen LogP contribution in [0.1, 0.15) is 26.3 Å². The smallest absolute Gasteiger partial charge is 0.251 e. The number of ether oxygens (including phenoxy) is 1. The van der Waals surface area contributed by atoms with Crippen LogP contribution in [0, 0.1) is 6.92 Å². The molecule has 5 heteroatoms. The summed E-state index contributed by atoms with van der Waals surface area (Å²) in [6.07, 6.45) is 0. The fourth-order valence-electron chi connectivity index (χ4n) is 2.00. The molecule has 0 saturated carbocycles. The highest BCUT2D eigenvalue weighted by molar-refractivity contribution is 5.95. The molecular formula is C18H20N2O3. The van der Waals surface area contributed by atoms with Gasteiger partial charge in [-0.25, -0.2) is 0 Å². The molecule has 0 spiro atoms. The summed E-state index contributed by atoms with van der Waals surface area (Å²) in [6, 6.07) is 14.2.